The summed E-state index contributed by atoms with van der Waals surface area (Å²) in [4.78, 5) is 24.8. The Kier molecular flexibility index (Phi) is 7.40. The van der Waals surface area contributed by atoms with E-state index in [0.717, 1.165) is 19.3 Å². The fourth-order valence-corrected chi connectivity index (χ4v) is 5.36. The SMILES string of the molecule is O=C(CCCNC(=O)c1cccs1)Nc1cccc(S(=O)(=O)N2CCCCC2)c1. The molecule has 1 saturated heterocycles. The molecular formula is C20H25N3O4S2. The second-order valence-corrected chi connectivity index (χ2v) is 9.76. The number of nitrogens with one attached hydrogen (secondary N) is 2. The third kappa shape index (κ3) is 5.88. The molecule has 0 saturated carbocycles. The Balaban J connectivity index is 1.49. The van der Waals surface area contributed by atoms with Gasteiger partial charge in [0.05, 0.1) is 9.77 Å². The molecule has 1 aromatic heterocycles. The Morgan fingerprint density at radius 3 is 2.59 bits per heavy atom. The molecule has 2 aromatic rings. The first-order chi connectivity index (χ1) is 14.0. The largest absolute Gasteiger partial charge is 0.351 e. The molecule has 1 aliphatic rings. The van der Waals surface area contributed by atoms with Crippen LogP contribution in [-0.4, -0.2) is 44.2 Å². The van der Waals surface area contributed by atoms with E-state index in [2.05, 4.69) is 10.6 Å². The molecule has 1 aromatic carbocycles. The molecule has 2 amide bonds. The number of carbonyl (C=O) groups is 2. The topological polar surface area (TPSA) is 95.6 Å². The van der Waals surface area contributed by atoms with Crippen molar-refractivity contribution in [2.45, 2.75) is 37.0 Å². The van der Waals surface area contributed by atoms with Crippen molar-refractivity contribution in [2.75, 3.05) is 25.0 Å². The Bertz CT molecular complexity index is 936. The van der Waals surface area contributed by atoms with Gasteiger partial charge in [0.15, 0.2) is 0 Å². The van der Waals surface area contributed by atoms with Crippen molar-refractivity contribution in [3.63, 3.8) is 0 Å². The van der Waals surface area contributed by atoms with E-state index in [9.17, 15) is 18.0 Å². The summed E-state index contributed by atoms with van der Waals surface area (Å²) < 4.78 is 27.1. The maximum Gasteiger partial charge on any atom is 0.261 e. The maximum atomic E-state index is 12.8. The molecule has 0 radical (unpaired) electrons. The molecule has 2 N–H and O–H groups in total. The lowest BCUT2D eigenvalue weighted by atomic mass is 10.2. The molecule has 156 valence electrons. The minimum absolute atomic E-state index is 0.143. The highest BCUT2D eigenvalue weighted by atomic mass is 32.2. The molecule has 0 spiro atoms. The van der Waals surface area contributed by atoms with E-state index < -0.39 is 10.0 Å². The van der Waals surface area contributed by atoms with Crippen molar-refractivity contribution in [2.24, 2.45) is 0 Å². The number of anilines is 1. The fourth-order valence-electron chi connectivity index (χ4n) is 3.16. The zero-order valence-electron chi connectivity index (χ0n) is 16.1. The minimum Gasteiger partial charge on any atom is -0.351 e. The van der Waals surface area contributed by atoms with Crippen LogP contribution in [0.4, 0.5) is 5.69 Å². The van der Waals surface area contributed by atoms with Gasteiger partial charge in [0, 0.05) is 31.7 Å². The lowest BCUT2D eigenvalue weighted by Gasteiger charge is -2.26. The predicted octanol–water partition coefficient (Wildman–Crippen LogP) is 3.07. The van der Waals surface area contributed by atoms with Crippen LogP contribution < -0.4 is 10.6 Å². The van der Waals surface area contributed by atoms with Gasteiger partial charge in [-0.1, -0.05) is 18.6 Å². The number of hydrogen-bond acceptors (Lipinski definition) is 5. The number of amides is 2. The van der Waals surface area contributed by atoms with Crippen LogP contribution in [-0.2, 0) is 14.8 Å². The summed E-state index contributed by atoms with van der Waals surface area (Å²) in [5.74, 6) is -0.362. The molecule has 9 heteroatoms. The summed E-state index contributed by atoms with van der Waals surface area (Å²) in [5.41, 5.74) is 0.454. The number of nitrogens with zero attached hydrogens (tertiary/aromatic N) is 1. The van der Waals surface area contributed by atoms with Gasteiger partial charge in [-0.25, -0.2) is 8.42 Å². The highest BCUT2D eigenvalue weighted by Gasteiger charge is 2.26. The Hall–Kier alpha value is -2.23. The molecule has 2 heterocycles. The van der Waals surface area contributed by atoms with Crippen LogP contribution in [0, 0.1) is 0 Å². The predicted molar refractivity (Wildman–Crippen MR) is 114 cm³/mol. The van der Waals surface area contributed by atoms with Crippen LogP contribution in [0.25, 0.3) is 0 Å². The highest BCUT2D eigenvalue weighted by Crippen LogP contribution is 2.23. The van der Waals surface area contributed by atoms with Crippen LogP contribution in [0.1, 0.15) is 41.8 Å². The van der Waals surface area contributed by atoms with Crippen molar-refractivity contribution >= 4 is 38.9 Å². The van der Waals surface area contributed by atoms with Gasteiger partial charge in [0.25, 0.3) is 5.91 Å². The smallest absolute Gasteiger partial charge is 0.261 e. The second-order valence-electron chi connectivity index (χ2n) is 6.88. The number of sulfonamides is 1. The number of hydrogen-bond donors (Lipinski definition) is 2. The first-order valence-corrected chi connectivity index (χ1v) is 12.0. The number of rotatable bonds is 8. The second kappa shape index (κ2) is 10.00. The van der Waals surface area contributed by atoms with Crippen LogP contribution >= 0.6 is 11.3 Å². The number of carbonyl (C=O) groups excluding carboxylic acids is 2. The average Bonchev–Trinajstić information content (AvgIpc) is 3.27. The summed E-state index contributed by atoms with van der Waals surface area (Å²) in [6.07, 6.45) is 3.52. The summed E-state index contributed by atoms with van der Waals surface area (Å²) in [6.45, 7) is 1.47. The molecular weight excluding hydrogens is 410 g/mol. The van der Waals surface area contributed by atoms with Gasteiger partial charge in [-0.3, -0.25) is 9.59 Å². The van der Waals surface area contributed by atoms with Crippen molar-refractivity contribution in [3.8, 4) is 0 Å². The highest BCUT2D eigenvalue weighted by molar-refractivity contribution is 7.89. The molecule has 29 heavy (non-hydrogen) atoms. The zero-order valence-corrected chi connectivity index (χ0v) is 17.7. The third-order valence-electron chi connectivity index (χ3n) is 4.68. The minimum atomic E-state index is -3.54. The van der Waals surface area contributed by atoms with E-state index in [1.807, 2.05) is 11.4 Å². The number of benzene rings is 1. The van der Waals surface area contributed by atoms with Crippen molar-refractivity contribution in [3.05, 3.63) is 46.7 Å². The molecule has 0 atom stereocenters. The van der Waals surface area contributed by atoms with E-state index in [4.69, 9.17) is 0 Å². The average molecular weight is 436 g/mol. The quantitative estimate of drug-likeness (QED) is 0.623. The van der Waals surface area contributed by atoms with Crippen LogP contribution in [0.15, 0.2) is 46.7 Å². The standard InChI is InChI=1S/C20H25N3O4S2/c24-19(10-5-11-21-20(25)18-9-6-14-28-18)22-16-7-4-8-17(15-16)29(26,27)23-12-2-1-3-13-23/h4,6-9,14-15H,1-3,5,10-13H2,(H,21,25)(H,22,24). The normalized spacial score (nSPS) is 15.0. The van der Waals surface area contributed by atoms with E-state index >= 15 is 0 Å². The molecule has 0 unspecified atom stereocenters. The fraction of sp³-hybridized carbons (Fsp3) is 0.400. The summed E-state index contributed by atoms with van der Waals surface area (Å²) in [6, 6.07) is 9.92. The molecule has 0 aliphatic carbocycles. The molecule has 3 rings (SSSR count). The van der Waals surface area contributed by atoms with Crippen LogP contribution in [0.3, 0.4) is 0 Å². The monoisotopic (exact) mass is 435 g/mol. The maximum absolute atomic E-state index is 12.8. The number of thiophene rings is 1. The Morgan fingerprint density at radius 2 is 1.86 bits per heavy atom. The third-order valence-corrected chi connectivity index (χ3v) is 7.45. The van der Waals surface area contributed by atoms with Crippen molar-refractivity contribution in [1.82, 2.24) is 9.62 Å². The lowest BCUT2D eigenvalue weighted by Crippen LogP contribution is -2.35. The van der Waals surface area contributed by atoms with Crippen molar-refractivity contribution < 1.29 is 18.0 Å². The summed E-state index contributed by atoms with van der Waals surface area (Å²) >= 11 is 1.37. The Labute approximate surface area is 175 Å². The summed E-state index contributed by atoms with van der Waals surface area (Å²) in [7, 11) is -3.54. The number of piperidine rings is 1. The lowest BCUT2D eigenvalue weighted by molar-refractivity contribution is -0.116. The van der Waals surface area contributed by atoms with Gasteiger partial charge in [-0.05, 0) is 48.9 Å². The van der Waals surface area contributed by atoms with Gasteiger partial charge < -0.3 is 10.6 Å². The van der Waals surface area contributed by atoms with Gasteiger partial charge in [0.1, 0.15) is 0 Å². The molecule has 7 nitrogen and oxygen atoms in total. The van der Waals surface area contributed by atoms with Gasteiger partial charge >= 0.3 is 0 Å². The first kappa shape index (κ1) is 21.5. The van der Waals surface area contributed by atoms with E-state index in [1.165, 1.54) is 21.7 Å². The molecule has 1 aliphatic heterocycles. The molecule has 1 fully saturated rings. The zero-order chi connectivity index (χ0) is 20.7. The van der Waals surface area contributed by atoms with E-state index in [1.54, 1.807) is 24.3 Å². The van der Waals surface area contributed by atoms with Crippen LogP contribution in [0.5, 0.6) is 0 Å². The van der Waals surface area contributed by atoms with E-state index in [0.29, 0.717) is 36.6 Å². The van der Waals surface area contributed by atoms with Gasteiger partial charge in [-0.15, -0.1) is 11.3 Å². The van der Waals surface area contributed by atoms with Gasteiger partial charge in [0.2, 0.25) is 15.9 Å². The first-order valence-electron chi connectivity index (χ1n) is 9.68. The van der Waals surface area contributed by atoms with Crippen LogP contribution in [0.2, 0.25) is 0 Å². The summed E-state index contributed by atoms with van der Waals surface area (Å²) in [5, 5.41) is 7.35. The van der Waals surface area contributed by atoms with Crippen molar-refractivity contribution in [1.29, 1.82) is 0 Å². The Morgan fingerprint density at radius 1 is 1.07 bits per heavy atom. The van der Waals surface area contributed by atoms with E-state index in [-0.39, 0.29) is 23.1 Å². The molecule has 0 bridgehead atoms. The van der Waals surface area contributed by atoms with Gasteiger partial charge in [-0.2, -0.15) is 4.31 Å².